The van der Waals surface area contributed by atoms with Crippen LogP contribution in [0.25, 0.3) is 0 Å². The molecule has 1 aliphatic carbocycles. The summed E-state index contributed by atoms with van der Waals surface area (Å²) >= 11 is 0. The van der Waals surface area contributed by atoms with Gasteiger partial charge >= 0.3 is 0 Å². The van der Waals surface area contributed by atoms with Gasteiger partial charge in [0.25, 0.3) is 5.91 Å². The van der Waals surface area contributed by atoms with Gasteiger partial charge in [-0.3, -0.25) is 4.79 Å². The Hall–Kier alpha value is -2.48. The average molecular weight is 371 g/mol. The van der Waals surface area contributed by atoms with Crippen LogP contribution in [0.4, 0.5) is 5.82 Å². The lowest BCUT2D eigenvalue weighted by Gasteiger charge is -2.25. The van der Waals surface area contributed by atoms with Crippen LogP contribution in [0.2, 0.25) is 0 Å². The molecule has 3 heterocycles. The molecule has 2 aromatic rings. The van der Waals surface area contributed by atoms with Gasteiger partial charge in [-0.1, -0.05) is 5.16 Å². The molecule has 0 unspecified atom stereocenters. The van der Waals surface area contributed by atoms with Crippen LogP contribution < -0.4 is 10.2 Å². The Balaban J connectivity index is 1.32. The van der Waals surface area contributed by atoms with Gasteiger partial charge in [0.2, 0.25) is 5.76 Å². The first kappa shape index (κ1) is 17.9. The third-order valence-corrected chi connectivity index (χ3v) is 5.13. The number of aromatic nitrogens is 3. The largest absolute Gasteiger partial charge is 0.378 e. The highest BCUT2D eigenvalue weighted by atomic mass is 16.5. The average Bonchev–Trinajstić information content (AvgIpc) is 3.19. The second-order valence-electron chi connectivity index (χ2n) is 7.01. The van der Waals surface area contributed by atoms with Crippen molar-refractivity contribution in [1.29, 1.82) is 0 Å². The van der Waals surface area contributed by atoms with Crippen LogP contribution in [-0.4, -0.2) is 53.9 Å². The molecule has 8 heteroatoms. The maximum atomic E-state index is 12.3. The predicted molar refractivity (Wildman–Crippen MR) is 99.0 cm³/mol. The minimum absolute atomic E-state index is 0.221. The van der Waals surface area contributed by atoms with E-state index in [0.29, 0.717) is 32.0 Å². The number of fused-ring (bicyclic) bond motifs is 1. The lowest BCUT2D eigenvalue weighted by atomic mass is 9.95. The van der Waals surface area contributed by atoms with Gasteiger partial charge in [0, 0.05) is 43.5 Å². The summed E-state index contributed by atoms with van der Waals surface area (Å²) < 4.78 is 10.5. The maximum absolute atomic E-state index is 12.3. The first-order valence-corrected chi connectivity index (χ1v) is 9.63. The van der Waals surface area contributed by atoms with Crippen LogP contribution in [0.3, 0.4) is 0 Å². The Morgan fingerprint density at radius 2 is 2.04 bits per heavy atom. The van der Waals surface area contributed by atoms with Crippen molar-refractivity contribution >= 4 is 11.7 Å². The van der Waals surface area contributed by atoms with Crippen LogP contribution in [0.5, 0.6) is 0 Å². The third-order valence-electron chi connectivity index (χ3n) is 5.13. The number of aryl methyl sites for hydroxylation is 2. The van der Waals surface area contributed by atoms with E-state index in [0.717, 1.165) is 37.4 Å². The maximum Gasteiger partial charge on any atom is 0.289 e. The van der Waals surface area contributed by atoms with Crippen LogP contribution >= 0.6 is 0 Å². The first-order valence-electron chi connectivity index (χ1n) is 9.63. The van der Waals surface area contributed by atoms with E-state index in [4.69, 9.17) is 14.2 Å². The Labute approximate surface area is 158 Å². The molecule has 27 heavy (non-hydrogen) atoms. The van der Waals surface area contributed by atoms with Gasteiger partial charge in [0.15, 0.2) is 5.82 Å². The summed E-state index contributed by atoms with van der Waals surface area (Å²) in [7, 11) is 0. The fourth-order valence-electron chi connectivity index (χ4n) is 3.65. The number of hydrogen-bond acceptors (Lipinski definition) is 7. The van der Waals surface area contributed by atoms with E-state index in [9.17, 15) is 4.79 Å². The molecule has 0 bridgehead atoms. The number of nitrogens with zero attached hydrogens (tertiary/aromatic N) is 4. The lowest BCUT2D eigenvalue weighted by molar-refractivity contribution is 0.0917. The van der Waals surface area contributed by atoms with Crippen LogP contribution in [0.1, 0.15) is 46.2 Å². The summed E-state index contributed by atoms with van der Waals surface area (Å²) in [5.74, 6) is 1.42. The number of ether oxygens (including phenoxy) is 1. The number of amides is 1. The van der Waals surface area contributed by atoms with E-state index < -0.39 is 0 Å². The highest BCUT2D eigenvalue weighted by molar-refractivity contribution is 5.92. The number of carbonyl (C=O) groups excluding carboxylic acids is 1. The molecule has 2 aromatic heterocycles. The monoisotopic (exact) mass is 371 g/mol. The number of carbonyl (C=O) groups is 1. The number of nitrogens with one attached hydrogen (secondary N) is 1. The van der Waals surface area contributed by atoms with Crippen molar-refractivity contribution in [1.82, 2.24) is 20.4 Å². The van der Waals surface area contributed by atoms with Crippen molar-refractivity contribution in [2.24, 2.45) is 0 Å². The van der Waals surface area contributed by atoms with E-state index in [2.05, 4.69) is 22.4 Å². The standard InChI is InChI=1S/C19H25N5O3/c1-13-14-4-2-3-5-15(14)22-17(21-13)6-7-20-19(25)16-12-18(23-27-16)24-8-10-26-11-9-24/h12H,2-11H2,1H3,(H,20,25). The number of hydrogen-bond donors (Lipinski definition) is 1. The summed E-state index contributed by atoms with van der Waals surface area (Å²) in [5, 5.41) is 6.86. The molecule has 144 valence electrons. The molecule has 0 aromatic carbocycles. The molecule has 4 rings (SSSR count). The molecule has 0 atom stereocenters. The van der Waals surface area contributed by atoms with Crippen molar-refractivity contribution in [3.05, 3.63) is 34.6 Å². The molecule has 0 radical (unpaired) electrons. The summed E-state index contributed by atoms with van der Waals surface area (Å²) in [6.45, 7) is 5.34. The third kappa shape index (κ3) is 4.10. The van der Waals surface area contributed by atoms with Gasteiger partial charge in [-0.2, -0.15) is 0 Å². The van der Waals surface area contributed by atoms with Crippen LogP contribution in [-0.2, 0) is 24.0 Å². The van der Waals surface area contributed by atoms with Gasteiger partial charge in [0.1, 0.15) is 5.82 Å². The molecule has 0 saturated carbocycles. The summed E-state index contributed by atoms with van der Waals surface area (Å²) in [6, 6.07) is 1.68. The van der Waals surface area contributed by atoms with E-state index in [1.165, 1.54) is 24.1 Å². The number of rotatable bonds is 5. The van der Waals surface area contributed by atoms with Crippen molar-refractivity contribution in [3.63, 3.8) is 0 Å². The second-order valence-corrected chi connectivity index (χ2v) is 7.01. The van der Waals surface area contributed by atoms with Gasteiger partial charge in [0.05, 0.1) is 13.2 Å². The Morgan fingerprint density at radius 1 is 1.22 bits per heavy atom. The molecule has 8 nitrogen and oxygen atoms in total. The molecule has 2 aliphatic rings. The van der Waals surface area contributed by atoms with Crippen LogP contribution in [0.15, 0.2) is 10.6 Å². The van der Waals surface area contributed by atoms with Gasteiger partial charge < -0.3 is 19.5 Å². The minimum atomic E-state index is -0.267. The fraction of sp³-hybridized carbons (Fsp3) is 0.579. The molecular weight excluding hydrogens is 346 g/mol. The van der Waals surface area contributed by atoms with Gasteiger partial charge in [-0.05, 0) is 38.2 Å². The summed E-state index contributed by atoms with van der Waals surface area (Å²) in [4.78, 5) is 23.6. The second kappa shape index (κ2) is 8.04. The quantitative estimate of drug-likeness (QED) is 0.850. The number of anilines is 1. The van der Waals surface area contributed by atoms with E-state index >= 15 is 0 Å². The summed E-state index contributed by atoms with van der Waals surface area (Å²) in [6.07, 6.45) is 5.12. The molecule has 1 saturated heterocycles. The zero-order valence-corrected chi connectivity index (χ0v) is 15.7. The highest BCUT2D eigenvalue weighted by Crippen LogP contribution is 2.21. The Morgan fingerprint density at radius 3 is 2.89 bits per heavy atom. The molecule has 0 spiro atoms. The Bertz CT molecular complexity index is 814. The van der Waals surface area contributed by atoms with Gasteiger partial charge in [-0.25, -0.2) is 9.97 Å². The molecule has 1 N–H and O–H groups in total. The zero-order valence-electron chi connectivity index (χ0n) is 15.7. The van der Waals surface area contributed by atoms with Gasteiger partial charge in [-0.15, -0.1) is 0 Å². The lowest BCUT2D eigenvalue weighted by Crippen LogP contribution is -2.36. The number of morpholine rings is 1. The van der Waals surface area contributed by atoms with Crippen LogP contribution in [0, 0.1) is 6.92 Å². The Kier molecular flexibility index (Phi) is 5.33. The van der Waals surface area contributed by atoms with Crippen molar-refractivity contribution < 1.29 is 14.1 Å². The topological polar surface area (TPSA) is 93.4 Å². The normalized spacial score (nSPS) is 16.9. The van der Waals surface area contributed by atoms with E-state index in [1.54, 1.807) is 6.07 Å². The minimum Gasteiger partial charge on any atom is -0.378 e. The van der Waals surface area contributed by atoms with E-state index in [-0.39, 0.29) is 11.7 Å². The van der Waals surface area contributed by atoms with Crippen molar-refractivity contribution in [3.8, 4) is 0 Å². The van der Waals surface area contributed by atoms with Crippen molar-refractivity contribution in [2.45, 2.75) is 39.0 Å². The molecule has 1 fully saturated rings. The molecular formula is C19H25N5O3. The molecule has 1 aliphatic heterocycles. The SMILES string of the molecule is Cc1nc(CCNC(=O)c2cc(N3CCOCC3)no2)nc2c1CCCC2. The molecule has 1 amide bonds. The highest BCUT2D eigenvalue weighted by Gasteiger charge is 2.19. The first-order chi connectivity index (χ1) is 13.2. The zero-order chi connectivity index (χ0) is 18.6. The van der Waals surface area contributed by atoms with E-state index in [1.807, 2.05) is 4.90 Å². The van der Waals surface area contributed by atoms with Crippen molar-refractivity contribution in [2.75, 3.05) is 37.7 Å². The predicted octanol–water partition coefficient (Wildman–Crippen LogP) is 1.46. The smallest absolute Gasteiger partial charge is 0.289 e. The summed E-state index contributed by atoms with van der Waals surface area (Å²) in [5.41, 5.74) is 3.57. The fourth-order valence-corrected chi connectivity index (χ4v) is 3.65.